The summed E-state index contributed by atoms with van der Waals surface area (Å²) in [7, 11) is 0. The van der Waals surface area contributed by atoms with Crippen LogP contribution in [0.4, 0.5) is 0 Å². The Balaban J connectivity index is 2.03. The zero-order chi connectivity index (χ0) is 15.2. The SMILES string of the molecule is CCC(=O)c1ccc(OCCN2CCCC2)c(C(C)=O)c1. The van der Waals surface area contributed by atoms with Crippen LogP contribution < -0.4 is 4.74 Å². The van der Waals surface area contributed by atoms with Crippen LogP contribution in [0.3, 0.4) is 0 Å². The number of carbonyl (C=O) groups excluding carboxylic acids is 2. The number of hydrogen-bond donors (Lipinski definition) is 0. The highest BCUT2D eigenvalue weighted by Crippen LogP contribution is 2.22. The van der Waals surface area contributed by atoms with Crippen LogP contribution in [0.5, 0.6) is 5.75 Å². The summed E-state index contributed by atoms with van der Waals surface area (Å²) < 4.78 is 5.75. The predicted molar refractivity (Wildman–Crippen MR) is 82.2 cm³/mol. The number of ketones is 2. The molecule has 114 valence electrons. The third kappa shape index (κ3) is 4.14. The predicted octanol–water partition coefficient (Wildman–Crippen LogP) is 2.96. The average Bonchev–Trinajstić information content (AvgIpc) is 2.99. The maximum Gasteiger partial charge on any atom is 0.163 e. The van der Waals surface area contributed by atoms with Crippen molar-refractivity contribution >= 4 is 11.6 Å². The summed E-state index contributed by atoms with van der Waals surface area (Å²) in [5.74, 6) is 0.549. The molecule has 0 atom stereocenters. The third-order valence-electron chi connectivity index (χ3n) is 3.87. The van der Waals surface area contributed by atoms with E-state index in [1.165, 1.54) is 19.8 Å². The van der Waals surface area contributed by atoms with E-state index in [9.17, 15) is 9.59 Å². The first-order valence-corrected chi connectivity index (χ1v) is 7.65. The highest BCUT2D eigenvalue weighted by Gasteiger charge is 2.14. The van der Waals surface area contributed by atoms with Crippen molar-refractivity contribution in [2.75, 3.05) is 26.2 Å². The lowest BCUT2D eigenvalue weighted by molar-refractivity contribution is 0.0988. The van der Waals surface area contributed by atoms with E-state index in [4.69, 9.17) is 4.74 Å². The van der Waals surface area contributed by atoms with Crippen molar-refractivity contribution in [2.24, 2.45) is 0 Å². The maximum atomic E-state index is 11.7. The molecule has 0 radical (unpaired) electrons. The minimum atomic E-state index is -0.0723. The number of benzene rings is 1. The highest BCUT2D eigenvalue weighted by molar-refractivity contribution is 6.02. The molecule has 0 spiro atoms. The Hall–Kier alpha value is -1.68. The number of ether oxygens (including phenoxy) is 1. The summed E-state index contributed by atoms with van der Waals surface area (Å²) in [6.07, 6.45) is 2.95. The number of rotatable bonds is 7. The number of hydrogen-bond acceptors (Lipinski definition) is 4. The Labute approximate surface area is 126 Å². The Morgan fingerprint density at radius 1 is 1.24 bits per heavy atom. The summed E-state index contributed by atoms with van der Waals surface area (Å²) in [5, 5.41) is 0. The molecule has 1 saturated heterocycles. The van der Waals surface area contributed by atoms with Crippen LogP contribution in [0.1, 0.15) is 53.8 Å². The molecule has 21 heavy (non-hydrogen) atoms. The van der Waals surface area contributed by atoms with Crippen LogP contribution in [0.2, 0.25) is 0 Å². The molecule has 0 saturated carbocycles. The van der Waals surface area contributed by atoms with Crippen LogP contribution >= 0.6 is 0 Å². The van der Waals surface area contributed by atoms with Crippen LogP contribution in [0.25, 0.3) is 0 Å². The van der Waals surface area contributed by atoms with Gasteiger partial charge in [-0.15, -0.1) is 0 Å². The largest absolute Gasteiger partial charge is 0.491 e. The van der Waals surface area contributed by atoms with E-state index >= 15 is 0 Å². The molecule has 4 heteroatoms. The molecule has 1 aliphatic heterocycles. The number of carbonyl (C=O) groups is 2. The first kappa shape index (κ1) is 15.7. The molecule has 4 nitrogen and oxygen atoms in total. The van der Waals surface area contributed by atoms with E-state index < -0.39 is 0 Å². The van der Waals surface area contributed by atoms with Gasteiger partial charge in [0.2, 0.25) is 0 Å². The molecule has 1 aromatic rings. The fourth-order valence-electron chi connectivity index (χ4n) is 2.60. The van der Waals surface area contributed by atoms with Gasteiger partial charge >= 0.3 is 0 Å². The summed E-state index contributed by atoms with van der Waals surface area (Å²) in [6, 6.07) is 5.13. The van der Waals surface area contributed by atoms with Crippen molar-refractivity contribution in [3.8, 4) is 5.75 Å². The van der Waals surface area contributed by atoms with Gasteiger partial charge in [0.05, 0.1) is 5.56 Å². The van der Waals surface area contributed by atoms with Gasteiger partial charge in [0, 0.05) is 18.5 Å². The molecule has 0 unspecified atom stereocenters. The second-order valence-electron chi connectivity index (χ2n) is 5.44. The molecule has 1 aliphatic rings. The van der Waals surface area contributed by atoms with Crippen molar-refractivity contribution < 1.29 is 14.3 Å². The van der Waals surface area contributed by atoms with Gasteiger partial charge in [-0.3, -0.25) is 14.5 Å². The van der Waals surface area contributed by atoms with Crippen LogP contribution in [-0.2, 0) is 0 Å². The second-order valence-corrected chi connectivity index (χ2v) is 5.44. The third-order valence-corrected chi connectivity index (χ3v) is 3.87. The minimum absolute atomic E-state index is 0.0427. The average molecular weight is 289 g/mol. The van der Waals surface area contributed by atoms with E-state index in [0.29, 0.717) is 29.9 Å². The van der Waals surface area contributed by atoms with Crippen molar-refractivity contribution in [1.82, 2.24) is 4.90 Å². The Morgan fingerprint density at radius 3 is 2.57 bits per heavy atom. The lowest BCUT2D eigenvalue weighted by Gasteiger charge is -2.16. The zero-order valence-corrected chi connectivity index (χ0v) is 12.9. The molecule has 0 amide bonds. The fourth-order valence-corrected chi connectivity index (χ4v) is 2.60. The monoisotopic (exact) mass is 289 g/mol. The Kier molecular flexibility index (Phi) is 5.51. The fraction of sp³-hybridized carbons (Fsp3) is 0.529. The summed E-state index contributed by atoms with van der Waals surface area (Å²) in [5.41, 5.74) is 1.07. The molecular weight excluding hydrogens is 266 g/mol. The molecule has 1 fully saturated rings. The van der Waals surface area contributed by atoms with Gasteiger partial charge in [0.25, 0.3) is 0 Å². The van der Waals surface area contributed by atoms with Crippen molar-refractivity contribution in [3.05, 3.63) is 29.3 Å². The Bertz CT molecular complexity index is 519. The standard InChI is InChI=1S/C17H23NO3/c1-3-16(20)14-6-7-17(15(12-14)13(2)19)21-11-10-18-8-4-5-9-18/h6-7,12H,3-5,8-11H2,1-2H3. The number of nitrogens with zero attached hydrogens (tertiary/aromatic N) is 1. The highest BCUT2D eigenvalue weighted by atomic mass is 16.5. The van der Waals surface area contributed by atoms with Gasteiger partial charge in [0.1, 0.15) is 12.4 Å². The molecule has 0 N–H and O–H groups in total. The quantitative estimate of drug-likeness (QED) is 0.724. The summed E-state index contributed by atoms with van der Waals surface area (Å²) >= 11 is 0. The van der Waals surface area contributed by atoms with Gasteiger partial charge < -0.3 is 4.74 Å². The normalized spacial score (nSPS) is 15.1. The number of likely N-dealkylation sites (tertiary alicyclic amines) is 1. The lowest BCUT2D eigenvalue weighted by atomic mass is 10.0. The molecule has 1 heterocycles. The van der Waals surface area contributed by atoms with E-state index in [1.807, 2.05) is 6.92 Å². The first-order valence-electron chi connectivity index (χ1n) is 7.65. The van der Waals surface area contributed by atoms with E-state index in [0.717, 1.165) is 19.6 Å². The van der Waals surface area contributed by atoms with E-state index in [2.05, 4.69) is 4.90 Å². The number of Topliss-reactive ketones (excluding diaryl/α,β-unsaturated/α-hetero) is 2. The molecule has 2 rings (SSSR count). The smallest absolute Gasteiger partial charge is 0.163 e. The van der Waals surface area contributed by atoms with Crippen molar-refractivity contribution in [3.63, 3.8) is 0 Å². The molecule has 0 aromatic heterocycles. The lowest BCUT2D eigenvalue weighted by Crippen LogP contribution is -2.25. The van der Waals surface area contributed by atoms with Crippen LogP contribution in [0.15, 0.2) is 18.2 Å². The molecule has 0 bridgehead atoms. The molecule has 0 aliphatic carbocycles. The first-order chi connectivity index (χ1) is 10.1. The van der Waals surface area contributed by atoms with Gasteiger partial charge in [-0.1, -0.05) is 6.92 Å². The van der Waals surface area contributed by atoms with Crippen molar-refractivity contribution in [2.45, 2.75) is 33.1 Å². The van der Waals surface area contributed by atoms with Gasteiger partial charge in [-0.05, 0) is 51.1 Å². The zero-order valence-electron chi connectivity index (χ0n) is 12.9. The van der Waals surface area contributed by atoms with Gasteiger partial charge in [0.15, 0.2) is 11.6 Å². The van der Waals surface area contributed by atoms with E-state index in [1.54, 1.807) is 18.2 Å². The van der Waals surface area contributed by atoms with Gasteiger partial charge in [-0.2, -0.15) is 0 Å². The van der Waals surface area contributed by atoms with Gasteiger partial charge in [-0.25, -0.2) is 0 Å². The summed E-state index contributed by atoms with van der Waals surface area (Å²) in [6.45, 7) is 7.03. The van der Waals surface area contributed by atoms with Crippen molar-refractivity contribution in [1.29, 1.82) is 0 Å². The second kappa shape index (κ2) is 7.36. The summed E-state index contributed by atoms with van der Waals surface area (Å²) in [4.78, 5) is 25.8. The van der Waals surface area contributed by atoms with E-state index in [-0.39, 0.29) is 11.6 Å². The van der Waals surface area contributed by atoms with Crippen LogP contribution in [-0.4, -0.2) is 42.7 Å². The Morgan fingerprint density at radius 2 is 1.95 bits per heavy atom. The molecule has 1 aromatic carbocycles. The van der Waals surface area contributed by atoms with Crippen LogP contribution in [0, 0.1) is 0 Å². The maximum absolute atomic E-state index is 11.7. The topological polar surface area (TPSA) is 46.6 Å². The minimum Gasteiger partial charge on any atom is -0.491 e. The molecular formula is C17H23NO3.